The Kier molecular flexibility index (Phi) is 5.39. The molecule has 0 bridgehead atoms. The summed E-state index contributed by atoms with van der Waals surface area (Å²) < 4.78 is 0. The highest BCUT2D eigenvalue weighted by atomic mass is 35.5. The summed E-state index contributed by atoms with van der Waals surface area (Å²) in [5.74, 6) is 0.544. The van der Waals surface area contributed by atoms with E-state index in [0.29, 0.717) is 12.5 Å². The summed E-state index contributed by atoms with van der Waals surface area (Å²) in [6, 6.07) is 10.1. The number of halogens is 1. The molecule has 3 nitrogen and oxygen atoms in total. The molecule has 0 aromatic heterocycles. The Morgan fingerprint density at radius 3 is 2.32 bits per heavy atom. The molecule has 1 saturated carbocycles. The van der Waals surface area contributed by atoms with Crippen molar-refractivity contribution in [2.24, 2.45) is 11.7 Å². The highest BCUT2D eigenvalue weighted by molar-refractivity contribution is 5.92. The number of hydrogen-bond donors (Lipinski definition) is 1. The Balaban J connectivity index is 0.00000180. The summed E-state index contributed by atoms with van der Waals surface area (Å²) in [6.07, 6.45) is 0.892. The Bertz CT molecular complexity index is 419. The number of amides is 1. The van der Waals surface area contributed by atoms with Crippen LogP contribution in [0.1, 0.15) is 25.8 Å². The van der Waals surface area contributed by atoms with Crippen LogP contribution in [-0.2, 0) is 10.2 Å². The van der Waals surface area contributed by atoms with Crippen LogP contribution in [0.2, 0.25) is 0 Å². The molecule has 1 aromatic carbocycles. The lowest BCUT2D eigenvalue weighted by atomic mass is 9.91. The summed E-state index contributed by atoms with van der Waals surface area (Å²) in [5, 5.41) is 0. The lowest BCUT2D eigenvalue weighted by molar-refractivity contribution is -0.134. The molecule has 2 rings (SSSR count). The number of hydrogen-bond acceptors (Lipinski definition) is 2. The van der Waals surface area contributed by atoms with Crippen molar-refractivity contribution in [1.82, 2.24) is 4.90 Å². The molecule has 4 heteroatoms. The molecule has 0 heterocycles. The summed E-state index contributed by atoms with van der Waals surface area (Å²) in [6.45, 7) is 6.17. The predicted octanol–water partition coefficient (Wildman–Crippen LogP) is 2.19. The van der Waals surface area contributed by atoms with Crippen molar-refractivity contribution in [2.75, 3.05) is 19.6 Å². The van der Waals surface area contributed by atoms with E-state index in [4.69, 9.17) is 5.73 Å². The summed E-state index contributed by atoms with van der Waals surface area (Å²) in [7, 11) is 0. The summed E-state index contributed by atoms with van der Waals surface area (Å²) >= 11 is 0. The van der Waals surface area contributed by atoms with Crippen LogP contribution in [-0.4, -0.2) is 30.4 Å². The zero-order valence-corrected chi connectivity index (χ0v) is 12.5. The Morgan fingerprint density at radius 1 is 1.32 bits per heavy atom. The van der Waals surface area contributed by atoms with Gasteiger partial charge in [0, 0.05) is 13.1 Å². The van der Waals surface area contributed by atoms with E-state index in [2.05, 4.69) is 12.1 Å². The van der Waals surface area contributed by atoms with E-state index in [0.717, 1.165) is 25.1 Å². The van der Waals surface area contributed by atoms with Crippen molar-refractivity contribution in [3.05, 3.63) is 35.9 Å². The zero-order chi connectivity index (χ0) is 13.2. The molecule has 0 spiro atoms. The molecule has 1 unspecified atom stereocenters. The van der Waals surface area contributed by atoms with E-state index in [1.807, 2.05) is 36.9 Å². The number of carbonyl (C=O) groups excluding carboxylic acids is 1. The second-order valence-electron chi connectivity index (χ2n) is 4.95. The van der Waals surface area contributed by atoms with Crippen molar-refractivity contribution in [2.45, 2.75) is 25.7 Å². The minimum atomic E-state index is -0.345. The van der Waals surface area contributed by atoms with Gasteiger partial charge in [-0.05, 0) is 38.3 Å². The molecular formula is C15H23ClN2O. The topological polar surface area (TPSA) is 46.3 Å². The standard InChI is InChI=1S/C15H22N2O.ClH/c1-3-17(4-2)14(18)15(10-13(15)11-16)12-8-6-5-7-9-12;/h5-9,13H,3-4,10-11,16H2,1-2H3;1H/t13-,15?;/m1./s1. The molecule has 1 fully saturated rings. The van der Waals surface area contributed by atoms with Gasteiger partial charge in [0.1, 0.15) is 0 Å². The smallest absolute Gasteiger partial charge is 0.233 e. The van der Waals surface area contributed by atoms with E-state index in [1.54, 1.807) is 0 Å². The first-order valence-corrected chi connectivity index (χ1v) is 6.75. The van der Waals surface area contributed by atoms with E-state index in [-0.39, 0.29) is 23.7 Å². The third-order valence-electron chi connectivity index (χ3n) is 4.11. The van der Waals surface area contributed by atoms with Gasteiger partial charge in [-0.15, -0.1) is 12.4 Å². The second-order valence-corrected chi connectivity index (χ2v) is 4.95. The summed E-state index contributed by atoms with van der Waals surface area (Å²) in [5.41, 5.74) is 6.57. The third kappa shape index (κ3) is 2.63. The van der Waals surface area contributed by atoms with Crippen molar-refractivity contribution < 1.29 is 4.79 Å². The van der Waals surface area contributed by atoms with Gasteiger partial charge < -0.3 is 10.6 Å². The Labute approximate surface area is 121 Å². The van der Waals surface area contributed by atoms with Gasteiger partial charge in [0.25, 0.3) is 0 Å². The minimum absolute atomic E-state index is 0. The van der Waals surface area contributed by atoms with Gasteiger partial charge in [-0.1, -0.05) is 30.3 Å². The van der Waals surface area contributed by atoms with Crippen molar-refractivity contribution in [3.63, 3.8) is 0 Å². The highest BCUT2D eigenvalue weighted by Crippen LogP contribution is 2.54. The third-order valence-corrected chi connectivity index (χ3v) is 4.11. The van der Waals surface area contributed by atoms with Crippen LogP contribution in [0, 0.1) is 5.92 Å². The molecule has 1 aliphatic carbocycles. The van der Waals surface area contributed by atoms with E-state index in [1.165, 1.54) is 0 Å². The lowest BCUT2D eigenvalue weighted by Gasteiger charge is -2.26. The largest absolute Gasteiger partial charge is 0.342 e. The van der Waals surface area contributed by atoms with Crippen LogP contribution < -0.4 is 5.73 Å². The quantitative estimate of drug-likeness (QED) is 0.900. The van der Waals surface area contributed by atoms with Gasteiger partial charge in [0.05, 0.1) is 5.41 Å². The molecule has 1 amide bonds. The fourth-order valence-corrected chi connectivity index (χ4v) is 2.88. The van der Waals surface area contributed by atoms with Crippen molar-refractivity contribution in [3.8, 4) is 0 Å². The molecule has 19 heavy (non-hydrogen) atoms. The molecule has 106 valence electrons. The molecule has 2 atom stereocenters. The molecular weight excluding hydrogens is 260 g/mol. The van der Waals surface area contributed by atoms with E-state index >= 15 is 0 Å². The molecule has 0 radical (unpaired) electrons. The number of benzene rings is 1. The molecule has 2 N–H and O–H groups in total. The average Bonchev–Trinajstić information content (AvgIpc) is 3.17. The zero-order valence-electron chi connectivity index (χ0n) is 11.6. The van der Waals surface area contributed by atoms with Gasteiger partial charge in [-0.25, -0.2) is 0 Å². The SMILES string of the molecule is CCN(CC)C(=O)C1(c2ccccc2)C[C@@H]1CN.Cl. The van der Waals surface area contributed by atoms with Gasteiger partial charge in [0.2, 0.25) is 5.91 Å². The van der Waals surface area contributed by atoms with Crippen LogP contribution in [0.5, 0.6) is 0 Å². The first kappa shape index (κ1) is 16.0. The first-order valence-electron chi connectivity index (χ1n) is 6.75. The molecule has 1 aromatic rings. The Hall–Kier alpha value is -1.06. The normalized spacial score (nSPS) is 24.5. The van der Waals surface area contributed by atoms with Crippen molar-refractivity contribution >= 4 is 18.3 Å². The highest BCUT2D eigenvalue weighted by Gasteiger charge is 2.61. The van der Waals surface area contributed by atoms with Gasteiger partial charge >= 0.3 is 0 Å². The van der Waals surface area contributed by atoms with Crippen LogP contribution in [0.4, 0.5) is 0 Å². The first-order chi connectivity index (χ1) is 8.70. The van der Waals surface area contributed by atoms with E-state index in [9.17, 15) is 4.79 Å². The van der Waals surface area contributed by atoms with Crippen molar-refractivity contribution in [1.29, 1.82) is 0 Å². The number of nitrogens with zero attached hydrogens (tertiary/aromatic N) is 1. The van der Waals surface area contributed by atoms with Crippen LogP contribution in [0.15, 0.2) is 30.3 Å². The minimum Gasteiger partial charge on any atom is -0.342 e. The maximum absolute atomic E-state index is 12.7. The van der Waals surface area contributed by atoms with Crippen LogP contribution >= 0.6 is 12.4 Å². The summed E-state index contributed by atoms with van der Waals surface area (Å²) in [4.78, 5) is 14.6. The van der Waals surface area contributed by atoms with E-state index < -0.39 is 0 Å². The Morgan fingerprint density at radius 2 is 1.89 bits per heavy atom. The lowest BCUT2D eigenvalue weighted by Crippen LogP contribution is -2.40. The molecule has 0 saturated heterocycles. The number of likely N-dealkylation sites (N-methyl/N-ethyl adjacent to an activating group) is 1. The van der Waals surface area contributed by atoms with Gasteiger partial charge in [0.15, 0.2) is 0 Å². The average molecular weight is 283 g/mol. The fraction of sp³-hybridized carbons (Fsp3) is 0.533. The second kappa shape index (κ2) is 6.40. The fourth-order valence-electron chi connectivity index (χ4n) is 2.88. The molecule has 1 aliphatic rings. The number of nitrogens with two attached hydrogens (primary N) is 1. The molecule has 0 aliphatic heterocycles. The van der Waals surface area contributed by atoms with Gasteiger partial charge in [-0.3, -0.25) is 4.79 Å². The number of rotatable bonds is 5. The maximum Gasteiger partial charge on any atom is 0.233 e. The monoisotopic (exact) mass is 282 g/mol. The van der Waals surface area contributed by atoms with Crippen LogP contribution in [0.25, 0.3) is 0 Å². The number of carbonyl (C=O) groups is 1. The predicted molar refractivity (Wildman–Crippen MR) is 80.5 cm³/mol. The maximum atomic E-state index is 12.7. The van der Waals surface area contributed by atoms with Crippen LogP contribution in [0.3, 0.4) is 0 Å². The van der Waals surface area contributed by atoms with Gasteiger partial charge in [-0.2, -0.15) is 0 Å².